The van der Waals surface area contributed by atoms with Gasteiger partial charge in [-0.15, -0.1) is 0 Å². The number of hydrogen-bond acceptors (Lipinski definition) is 1. The molecule has 1 heterocycles. The Morgan fingerprint density at radius 2 is 1.59 bits per heavy atom. The zero-order valence-electron chi connectivity index (χ0n) is 20.4. The smallest absolute Gasteiger partial charge is 0.295 e. The minimum atomic E-state index is -4.52. The molecule has 6 heteroatoms. The van der Waals surface area contributed by atoms with Crippen molar-refractivity contribution >= 4 is 28.8 Å². The summed E-state index contributed by atoms with van der Waals surface area (Å²) in [5, 5.41) is -0.245. The summed E-state index contributed by atoms with van der Waals surface area (Å²) in [6, 6.07) is 20.5. The lowest BCUT2D eigenvalue weighted by atomic mass is 9.87. The molecule has 1 fully saturated rings. The molecule has 0 unspecified atom stereocenters. The highest BCUT2D eigenvalue weighted by molar-refractivity contribution is 6.33. The highest BCUT2D eigenvalue weighted by atomic mass is 35.5. The predicted molar refractivity (Wildman–Crippen MR) is 143 cm³/mol. The molecule has 1 aliphatic heterocycles. The molecule has 0 radical (unpaired) electrons. The van der Waals surface area contributed by atoms with Gasteiger partial charge in [-0.25, -0.2) is 0 Å². The highest BCUT2D eigenvalue weighted by Crippen LogP contribution is 2.44. The topological polar surface area (TPSA) is 3.24 Å². The lowest BCUT2D eigenvalue weighted by Gasteiger charge is -2.33. The number of benzene rings is 3. The van der Waals surface area contributed by atoms with Crippen molar-refractivity contribution in [2.75, 3.05) is 26.3 Å². The van der Waals surface area contributed by atoms with Gasteiger partial charge in [0.1, 0.15) is 0 Å². The first kappa shape index (κ1) is 25.7. The molecule has 1 aliphatic carbocycles. The van der Waals surface area contributed by atoms with Crippen LogP contribution in [0.1, 0.15) is 52.6 Å². The van der Waals surface area contributed by atoms with Crippen molar-refractivity contribution in [2.45, 2.75) is 31.9 Å². The van der Waals surface area contributed by atoms with E-state index in [9.17, 15) is 17.6 Å². The summed E-state index contributed by atoms with van der Waals surface area (Å²) in [5.41, 5.74) is 6.98. The van der Waals surface area contributed by atoms with Crippen LogP contribution >= 0.6 is 11.6 Å². The third-order valence-electron chi connectivity index (χ3n) is 7.12. The second kappa shape index (κ2) is 10.8. The van der Waals surface area contributed by atoms with Gasteiger partial charge in [-0.2, -0.15) is 13.2 Å². The molecule has 5 rings (SSSR count). The van der Waals surface area contributed by atoms with Crippen LogP contribution in [-0.4, -0.2) is 31.2 Å². The molecule has 0 saturated carbocycles. The molecule has 2 aliphatic rings. The fraction of sp³-hybridized carbons (Fsp3) is 0.290. The molecule has 0 aromatic heterocycles. The maximum Gasteiger partial charge on any atom is 0.417 e. The Balaban J connectivity index is 1.56. The van der Waals surface area contributed by atoms with E-state index in [4.69, 9.17) is 11.6 Å². The van der Waals surface area contributed by atoms with Crippen molar-refractivity contribution in [1.29, 1.82) is 0 Å². The van der Waals surface area contributed by atoms with Crippen LogP contribution in [0.3, 0.4) is 0 Å². The zero-order chi connectivity index (χ0) is 26.0. The van der Waals surface area contributed by atoms with E-state index >= 15 is 0 Å². The van der Waals surface area contributed by atoms with Crippen LogP contribution in [0.25, 0.3) is 17.2 Å². The Bertz CT molecular complexity index is 1330. The largest absolute Gasteiger partial charge is 0.417 e. The number of likely N-dealkylation sites (tertiary alicyclic amines) is 1. The zero-order valence-corrected chi connectivity index (χ0v) is 21.2. The normalized spacial score (nSPS) is 16.3. The van der Waals surface area contributed by atoms with E-state index in [0.29, 0.717) is 18.4 Å². The molecule has 3 aromatic carbocycles. The van der Waals surface area contributed by atoms with Gasteiger partial charge >= 0.3 is 6.18 Å². The number of rotatable bonds is 6. The number of allylic oxidation sites excluding steroid dienone is 1. The average molecular weight is 526 g/mol. The van der Waals surface area contributed by atoms with E-state index in [2.05, 4.69) is 29.2 Å². The Labute approximate surface area is 220 Å². The first-order chi connectivity index (χ1) is 17.8. The molecule has 3 aromatic rings. The number of nitrogens with zero attached hydrogens (tertiary/aromatic N) is 1. The van der Waals surface area contributed by atoms with E-state index in [1.807, 2.05) is 30.3 Å². The van der Waals surface area contributed by atoms with Gasteiger partial charge in [-0.3, -0.25) is 9.29 Å². The second-order valence-corrected chi connectivity index (χ2v) is 10.1. The lowest BCUT2D eigenvalue weighted by Crippen LogP contribution is -2.40. The van der Waals surface area contributed by atoms with E-state index in [-0.39, 0.29) is 11.7 Å². The molecule has 0 N–H and O–H groups in total. The third-order valence-corrected chi connectivity index (χ3v) is 7.53. The van der Waals surface area contributed by atoms with Crippen LogP contribution in [-0.2, 0) is 12.6 Å². The van der Waals surface area contributed by atoms with Crippen LogP contribution < -0.4 is 0 Å². The molecule has 0 amide bonds. The van der Waals surface area contributed by atoms with Crippen LogP contribution in [0, 0.1) is 0 Å². The maximum atomic E-state index is 13.7. The minimum Gasteiger partial charge on any atom is -0.295 e. The van der Waals surface area contributed by atoms with Crippen LogP contribution in [0.2, 0.25) is 5.02 Å². The third kappa shape index (κ3) is 5.53. The quantitative estimate of drug-likeness (QED) is 0.291. The van der Waals surface area contributed by atoms with Gasteiger partial charge in [0.05, 0.1) is 17.3 Å². The maximum absolute atomic E-state index is 13.7. The van der Waals surface area contributed by atoms with E-state index in [0.717, 1.165) is 66.4 Å². The fourth-order valence-corrected chi connectivity index (χ4v) is 5.70. The summed E-state index contributed by atoms with van der Waals surface area (Å²) < 4.78 is 53.4. The Hall–Kier alpha value is -2.89. The monoisotopic (exact) mass is 525 g/mol. The summed E-state index contributed by atoms with van der Waals surface area (Å²) in [7, 11) is 0. The minimum absolute atomic E-state index is 0.245. The molecular formula is C31H28ClF4N. The van der Waals surface area contributed by atoms with Crippen molar-refractivity contribution in [2.24, 2.45) is 0 Å². The van der Waals surface area contributed by atoms with Crippen molar-refractivity contribution < 1.29 is 17.6 Å². The summed E-state index contributed by atoms with van der Waals surface area (Å²) in [5.74, 6) is 0. The fourth-order valence-electron chi connectivity index (χ4n) is 5.35. The van der Waals surface area contributed by atoms with Gasteiger partial charge in [-0.1, -0.05) is 78.3 Å². The van der Waals surface area contributed by atoms with Gasteiger partial charge in [0.2, 0.25) is 0 Å². The van der Waals surface area contributed by atoms with Gasteiger partial charge in [0.15, 0.2) is 0 Å². The van der Waals surface area contributed by atoms with Crippen LogP contribution in [0.5, 0.6) is 0 Å². The van der Waals surface area contributed by atoms with Gasteiger partial charge in [0, 0.05) is 19.6 Å². The van der Waals surface area contributed by atoms with E-state index < -0.39 is 11.7 Å². The van der Waals surface area contributed by atoms with Crippen LogP contribution in [0.4, 0.5) is 17.6 Å². The van der Waals surface area contributed by atoms with Gasteiger partial charge in [0.25, 0.3) is 0 Å². The summed E-state index contributed by atoms with van der Waals surface area (Å²) in [4.78, 5) is 2.22. The summed E-state index contributed by atoms with van der Waals surface area (Å²) in [6.45, 7) is 2.21. The molecule has 0 atom stereocenters. The molecule has 0 bridgehead atoms. The summed E-state index contributed by atoms with van der Waals surface area (Å²) >= 11 is 6.42. The van der Waals surface area contributed by atoms with E-state index in [1.165, 1.54) is 17.2 Å². The molecular weight excluding hydrogens is 498 g/mol. The lowest BCUT2D eigenvalue weighted by molar-refractivity contribution is -0.137. The number of alkyl halides is 4. The average Bonchev–Trinajstić information content (AvgIpc) is 3.05. The van der Waals surface area contributed by atoms with Crippen molar-refractivity contribution in [3.63, 3.8) is 0 Å². The van der Waals surface area contributed by atoms with E-state index in [1.54, 1.807) is 6.07 Å². The molecule has 192 valence electrons. The highest BCUT2D eigenvalue weighted by Gasteiger charge is 2.34. The Morgan fingerprint density at radius 1 is 0.865 bits per heavy atom. The number of aryl methyl sites for hydroxylation is 1. The van der Waals surface area contributed by atoms with Gasteiger partial charge < -0.3 is 0 Å². The van der Waals surface area contributed by atoms with Crippen molar-refractivity contribution in [3.05, 3.63) is 111 Å². The van der Waals surface area contributed by atoms with Crippen molar-refractivity contribution in [3.8, 4) is 0 Å². The standard InChI is InChI=1S/C31H28ClF4N/c32-30-27(10-4-11-28(30)31(34,35)36)26-9-3-7-23-6-1-2-8-25(23)29(26)24-14-12-21(13-15-24)18-22-19-37(20-22)17-5-16-33/h1-2,4,6,8,10-15,18H,3,5,7,9,16-17,19-20H2. The SMILES string of the molecule is FCCCN1CC(=Cc2ccc(C3=C(c4cccc(C(F)(F)F)c4Cl)CCCc4ccccc43)cc2)C1. The first-order valence-electron chi connectivity index (χ1n) is 12.6. The molecule has 37 heavy (non-hydrogen) atoms. The van der Waals surface area contributed by atoms with Gasteiger partial charge in [-0.05, 0) is 76.3 Å². The molecule has 1 saturated heterocycles. The molecule has 0 spiro atoms. The Kier molecular flexibility index (Phi) is 7.55. The number of halogens is 5. The predicted octanol–water partition coefficient (Wildman–Crippen LogP) is 8.71. The van der Waals surface area contributed by atoms with Crippen LogP contribution in [0.15, 0.2) is 72.3 Å². The number of hydrogen-bond donors (Lipinski definition) is 0. The molecule has 1 nitrogen and oxygen atoms in total. The number of fused-ring (bicyclic) bond motifs is 1. The van der Waals surface area contributed by atoms with Crippen molar-refractivity contribution in [1.82, 2.24) is 4.90 Å². The Morgan fingerprint density at radius 3 is 2.32 bits per heavy atom. The first-order valence-corrected chi connectivity index (χ1v) is 13.0. The summed E-state index contributed by atoms with van der Waals surface area (Å²) in [6.07, 6.45) is 0.515. The second-order valence-electron chi connectivity index (χ2n) is 9.71.